The minimum Gasteiger partial charge on any atom is -0.496 e. The smallest absolute Gasteiger partial charge is 0.122 e. The Morgan fingerprint density at radius 1 is 1.19 bits per heavy atom. The summed E-state index contributed by atoms with van der Waals surface area (Å²) in [4.78, 5) is 0. The van der Waals surface area contributed by atoms with E-state index < -0.39 is 0 Å². The van der Waals surface area contributed by atoms with E-state index in [1.807, 2.05) is 12.1 Å². The molecule has 1 unspecified atom stereocenters. The molecule has 21 heavy (non-hydrogen) atoms. The Hall–Kier alpha value is -1.06. The third-order valence-electron chi connectivity index (χ3n) is 3.99. The minimum absolute atomic E-state index is 0.0626. The van der Waals surface area contributed by atoms with Gasteiger partial charge in [-0.25, -0.2) is 0 Å². The fourth-order valence-corrected chi connectivity index (χ4v) is 2.39. The van der Waals surface area contributed by atoms with Crippen LogP contribution in [0.1, 0.15) is 45.6 Å². The number of rotatable bonds is 10. The van der Waals surface area contributed by atoms with Crippen molar-refractivity contribution >= 4 is 0 Å². The lowest BCUT2D eigenvalue weighted by atomic mass is 9.94. The van der Waals surface area contributed by atoms with Crippen LogP contribution in [-0.2, 0) is 11.2 Å². The van der Waals surface area contributed by atoms with E-state index in [9.17, 15) is 0 Å². The summed E-state index contributed by atoms with van der Waals surface area (Å²) in [7, 11) is 3.52. The number of methoxy groups -OCH3 is 2. The molecule has 0 aliphatic heterocycles. The normalized spacial score (nSPS) is 13.2. The molecule has 0 bridgehead atoms. The molecule has 0 saturated heterocycles. The third-order valence-corrected chi connectivity index (χ3v) is 3.99. The number of para-hydroxylation sites is 1. The minimum atomic E-state index is -0.0626. The van der Waals surface area contributed by atoms with Crippen LogP contribution in [-0.4, -0.2) is 32.4 Å². The summed E-state index contributed by atoms with van der Waals surface area (Å²) in [6.07, 6.45) is 4.28. The van der Waals surface area contributed by atoms with E-state index in [1.165, 1.54) is 5.56 Å². The predicted molar refractivity (Wildman–Crippen MR) is 89.1 cm³/mol. The Morgan fingerprint density at radius 3 is 2.52 bits per heavy atom. The third kappa shape index (κ3) is 6.49. The molecule has 0 aromatic heterocycles. The predicted octanol–water partition coefficient (Wildman–Crippen LogP) is 3.81. The maximum Gasteiger partial charge on any atom is 0.122 e. The number of hydrogen-bond donors (Lipinski definition) is 1. The van der Waals surface area contributed by atoms with Gasteiger partial charge in [0.1, 0.15) is 5.75 Å². The fraction of sp³-hybridized carbons (Fsp3) is 0.667. The van der Waals surface area contributed by atoms with E-state index in [-0.39, 0.29) is 5.60 Å². The molecule has 3 heteroatoms. The zero-order valence-corrected chi connectivity index (χ0v) is 14.2. The van der Waals surface area contributed by atoms with Crippen LogP contribution < -0.4 is 10.1 Å². The van der Waals surface area contributed by atoms with Crippen molar-refractivity contribution in [2.24, 2.45) is 0 Å². The first-order valence-corrected chi connectivity index (χ1v) is 7.93. The Bertz CT molecular complexity index is 404. The van der Waals surface area contributed by atoms with Gasteiger partial charge in [-0.2, -0.15) is 0 Å². The van der Waals surface area contributed by atoms with Gasteiger partial charge in [-0.3, -0.25) is 0 Å². The van der Waals surface area contributed by atoms with E-state index >= 15 is 0 Å². The first-order valence-electron chi connectivity index (χ1n) is 7.93. The topological polar surface area (TPSA) is 30.5 Å². The van der Waals surface area contributed by atoms with Crippen molar-refractivity contribution in [2.75, 3.05) is 20.8 Å². The standard InChI is InChI=1S/C18H31NO2/c1-6-13-19-16(11-12-18(2,3)21-5)14-15-9-7-8-10-17(15)20-4/h7-10,16,19H,6,11-14H2,1-5H3. The Balaban J connectivity index is 2.68. The molecule has 1 atom stereocenters. The average Bonchev–Trinajstić information content (AvgIpc) is 2.50. The number of benzene rings is 1. The molecule has 1 rings (SSSR count). The second kappa shape index (κ2) is 9.06. The Morgan fingerprint density at radius 2 is 1.90 bits per heavy atom. The summed E-state index contributed by atoms with van der Waals surface area (Å²) >= 11 is 0. The van der Waals surface area contributed by atoms with Gasteiger partial charge in [-0.15, -0.1) is 0 Å². The lowest BCUT2D eigenvalue weighted by Crippen LogP contribution is -2.34. The monoisotopic (exact) mass is 293 g/mol. The molecule has 3 nitrogen and oxygen atoms in total. The van der Waals surface area contributed by atoms with E-state index in [0.29, 0.717) is 6.04 Å². The van der Waals surface area contributed by atoms with Gasteiger partial charge >= 0.3 is 0 Å². The second-order valence-electron chi connectivity index (χ2n) is 6.17. The van der Waals surface area contributed by atoms with Crippen molar-refractivity contribution in [2.45, 2.75) is 58.1 Å². The van der Waals surface area contributed by atoms with Crippen molar-refractivity contribution in [1.29, 1.82) is 0 Å². The highest BCUT2D eigenvalue weighted by atomic mass is 16.5. The molecule has 0 amide bonds. The molecule has 0 radical (unpaired) electrons. The van der Waals surface area contributed by atoms with Gasteiger partial charge in [0.15, 0.2) is 0 Å². The van der Waals surface area contributed by atoms with Crippen molar-refractivity contribution in [3.8, 4) is 5.75 Å². The highest BCUT2D eigenvalue weighted by molar-refractivity contribution is 5.33. The lowest BCUT2D eigenvalue weighted by Gasteiger charge is -2.27. The molecule has 0 heterocycles. The first kappa shape index (κ1) is 18.0. The maximum absolute atomic E-state index is 5.54. The van der Waals surface area contributed by atoms with E-state index in [4.69, 9.17) is 9.47 Å². The van der Waals surface area contributed by atoms with Crippen LogP contribution in [0.5, 0.6) is 5.75 Å². The summed E-state index contributed by atoms with van der Waals surface area (Å²) in [5.74, 6) is 0.979. The van der Waals surface area contributed by atoms with Gasteiger partial charge in [-0.05, 0) is 57.7 Å². The number of hydrogen-bond acceptors (Lipinski definition) is 3. The molecule has 120 valence electrons. The van der Waals surface area contributed by atoms with E-state index in [2.05, 4.69) is 38.2 Å². The van der Waals surface area contributed by atoms with Gasteiger partial charge in [0.05, 0.1) is 12.7 Å². The molecule has 1 aromatic rings. The summed E-state index contributed by atoms with van der Waals surface area (Å²) < 4.78 is 11.0. The van der Waals surface area contributed by atoms with Crippen LogP contribution in [0.15, 0.2) is 24.3 Å². The summed E-state index contributed by atoms with van der Waals surface area (Å²) in [5.41, 5.74) is 1.20. The van der Waals surface area contributed by atoms with Crippen LogP contribution in [0.4, 0.5) is 0 Å². The Kier molecular flexibility index (Phi) is 7.76. The highest BCUT2D eigenvalue weighted by Crippen LogP contribution is 2.22. The van der Waals surface area contributed by atoms with Crippen molar-refractivity contribution in [3.05, 3.63) is 29.8 Å². The zero-order chi connectivity index (χ0) is 15.7. The second-order valence-corrected chi connectivity index (χ2v) is 6.17. The van der Waals surface area contributed by atoms with Crippen LogP contribution in [0.3, 0.4) is 0 Å². The maximum atomic E-state index is 5.54. The van der Waals surface area contributed by atoms with Gasteiger partial charge in [-0.1, -0.05) is 25.1 Å². The summed E-state index contributed by atoms with van der Waals surface area (Å²) in [6, 6.07) is 8.74. The molecule has 0 aliphatic rings. The largest absolute Gasteiger partial charge is 0.496 e. The molecule has 1 aromatic carbocycles. The summed E-state index contributed by atoms with van der Waals surface area (Å²) in [6.45, 7) is 7.54. The van der Waals surface area contributed by atoms with Crippen LogP contribution in [0.25, 0.3) is 0 Å². The van der Waals surface area contributed by atoms with Gasteiger partial charge in [0, 0.05) is 13.2 Å². The quantitative estimate of drug-likeness (QED) is 0.711. The molecule has 1 N–H and O–H groups in total. The van der Waals surface area contributed by atoms with Crippen molar-refractivity contribution < 1.29 is 9.47 Å². The summed E-state index contributed by atoms with van der Waals surface area (Å²) in [5, 5.41) is 3.65. The molecule has 0 spiro atoms. The van der Waals surface area contributed by atoms with E-state index in [0.717, 1.165) is 38.0 Å². The zero-order valence-electron chi connectivity index (χ0n) is 14.2. The highest BCUT2D eigenvalue weighted by Gasteiger charge is 2.20. The van der Waals surface area contributed by atoms with E-state index in [1.54, 1.807) is 14.2 Å². The number of nitrogens with one attached hydrogen (secondary N) is 1. The molecule has 0 saturated carbocycles. The lowest BCUT2D eigenvalue weighted by molar-refractivity contribution is 0.0117. The average molecular weight is 293 g/mol. The van der Waals surface area contributed by atoms with Gasteiger partial charge < -0.3 is 14.8 Å². The van der Waals surface area contributed by atoms with Crippen LogP contribution in [0.2, 0.25) is 0 Å². The van der Waals surface area contributed by atoms with Gasteiger partial charge in [0.2, 0.25) is 0 Å². The van der Waals surface area contributed by atoms with Crippen molar-refractivity contribution in [3.63, 3.8) is 0 Å². The van der Waals surface area contributed by atoms with Crippen LogP contribution >= 0.6 is 0 Å². The molecule has 0 aliphatic carbocycles. The number of ether oxygens (including phenoxy) is 2. The van der Waals surface area contributed by atoms with Gasteiger partial charge in [0.25, 0.3) is 0 Å². The molecular weight excluding hydrogens is 262 g/mol. The first-order chi connectivity index (χ1) is 10.0. The Labute approximate surface area is 130 Å². The SMILES string of the molecule is CCCNC(CCC(C)(C)OC)Cc1ccccc1OC. The van der Waals surface area contributed by atoms with Crippen LogP contribution in [0, 0.1) is 0 Å². The molecular formula is C18H31NO2. The fourth-order valence-electron chi connectivity index (χ4n) is 2.39. The van der Waals surface area contributed by atoms with Crippen molar-refractivity contribution in [1.82, 2.24) is 5.32 Å². The molecule has 0 fully saturated rings.